The van der Waals surface area contributed by atoms with Gasteiger partial charge in [0, 0.05) is 22.5 Å². The van der Waals surface area contributed by atoms with E-state index in [4.69, 9.17) is 0 Å². The first-order chi connectivity index (χ1) is 5.27. The quantitative estimate of drug-likeness (QED) is 0.658. The van der Waals surface area contributed by atoms with E-state index < -0.39 is 0 Å². The maximum absolute atomic E-state index is 11.0. The van der Waals surface area contributed by atoms with Crippen LogP contribution in [0.2, 0.25) is 0 Å². The molecular weight excluding hydrogens is 206 g/mol. The molecule has 2 rings (SSSR count). The Balaban J connectivity index is 2.29. The van der Waals surface area contributed by atoms with E-state index in [9.17, 15) is 4.79 Å². The summed E-state index contributed by atoms with van der Waals surface area (Å²) in [6.45, 7) is 0. The molecule has 2 aliphatic rings. The smallest absolute Gasteiger partial charge is 0.224 e. The summed E-state index contributed by atoms with van der Waals surface area (Å²) in [6, 6.07) is 0. The van der Waals surface area contributed by atoms with Crippen molar-refractivity contribution in [3.8, 4) is 0 Å². The average Bonchev–Trinajstić information content (AvgIpc) is 2.31. The van der Waals surface area contributed by atoms with Crippen LogP contribution in [0.25, 0.3) is 0 Å². The van der Waals surface area contributed by atoms with E-state index >= 15 is 0 Å². The van der Waals surface area contributed by atoms with E-state index in [0.29, 0.717) is 12.3 Å². The molecule has 3 heteroatoms. The maximum Gasteiger partial charge on any atom is 0.224 e. The Morgan fingerprint density at radius 1 is 1.55 bits per heavy atom. The standard InChI is InChI=1S/C8H10BrNO/c9-6-3-1-2-5-4-7(11)10-8(5)6/h5H,1-4H2,(H,10,11). The highest BCUT2D eigenvalue weighted by Gasteiger charge is 2.30. The number of halogens is 1. The SMILES string of the molecule is O=C1CC2CCCC(Br)=C2N1. The summed E-state index contributed by atoms with van der Waals surface area (Å²) < 4.78 is 1.21. The minimum absolute atomic E-state index is 0.184. The Morgan fingerprint density at radius 3 is 3.09 bits per heavy atom. The minimum Gasteiger partial charge on any atom is -0.329 e. The number of hydrogen-bond donors (Lipinski definition) is 1. The fourth-order valence-corrected chi connectivity index (χ4v) is 2.51. The van der Waals surface area contributed by atoms with Crippen molar-refractivity contribution in [3.05, 3.63) is 10.2 Å². The van der Waals surface area contributed by atoms with Gasteiger partial charge >= 0.3 is 0 Å². The van der Waals surface area contributed by atoms with Crippen molar-refractivity contribution in [2.75, 3.05) is 0 Å². The van der Waals surface area contributed by atoms with Gasteiger partial charge in [-0.1, -0.05) is 15.9 Å². The summed E-state index contributed by atoms with van der Waals surface area (Å²) in [5, 5.41) is 2.90. The summed E-state index contributed by atoms with van der Waals surface area (Å²) in [6.07, 6.45) is 4.17. The number of carbonyl (C=O) groups is 1. The zero-order chi connectivity index (χ0) is 7.84. The highest BCUT2D eigenvalue weighted by molar-refractivity contribution is 9.11. The van der Waals surface area contributed by atoms with Crippen LogP contribution in [0.4, 0.5) is 0 Å². The van der Waals surface area contributed by atoms with E-state index in [1.54, 1.807) is 0 Å². The minimum atomic E-state index is 0.184. The van der Waals surface area contributed by atoms with Crippen molar-refractivity contribution in [2.24, 2.45) is 5.92 Å². The second-order valence-electron chi connectivity index (χ2n) is 3.16. The maximum atomic E-state index is 11.0. The topological polar surface area (TPSA) is 29.1 Å². The second-order valence-corrected chi connectivity index (χ2v) is 4.12. The Hall–Kier alpha value is -0.310. The normalized spacial score (nSPS) is 30.3. The van der Waals surface area contributed by atoms with Gasteiger partial charge in [-0.25, -0.2) is 0 Å². The van der Waals surface area contributed by atoms with Crippen LogP contribution in [0, 0.1) is 5.92 Å². The van der Waals surface area contributed by atoms with Crippen LogP contribution in [0.1, 0.15) is 25.7 Å². The fraction of sp³-hybridized carbons (Fsp3) is 0.625. The predicted molar refractivity (Wildman–Crippen MR) is 46.1 cm³/mol. The van der Waals surface area contributed by atoms with Gasteiger partial charge in [-0.2, -0.15) is 0 Å². The third-order valence-corrected chi connectivity index (χ3v) is 3.18. The third kappa shape index (κ3) is 1.22. The third-order valence-electron chi connectivity index (χ3n) is 2.36. The van der Waals surface area contributed by atoms with Crippen LogP contribution in [0.15, 0.2) is 10.2 Å². The molecule has 0 aromatic rings. The Labute approximate surface area is 74.2 Å². The number of nitrogens with one attached hydrogen (secondary N) is 1. The van der Waals surface area contributed by atoms with Crippen LogP contribution in [-0.4, -0.2) is 5.91 Å². The van der Waals surface area contributed by atoms with Gasteiger partial charge in [0.25, 0.3) is 0 Å². The number of allylic oxidation sites excluding steroid dienone is 2. The molecule has 1 heterocycles. The van der Waals surface area contributed by atoms with Gasteiger partial charge in [-0.15, -0.1) is 0 Å². The molecular formula is C8H10BrNO. The van der Waals surface area contributed by atoms with Crippen LogP contribution >= 0.6 is 15.9 Å². The largest absolute Gasteiger partial charge is 0.329 e. The summed E-state index contributed by atoms with van der Waals surface area (Å²) >= 11 is 3.49. The Morgan fingerprint density at radius 2 is 2.36 bits per heavy atom. The lowest BCUT2D eigenvalue weighted by Gasteiger charge is -2.17. The molecule has 11 heavy (non-hydrogen) atoms. The van der Waals surface area contributed by atoms with Crippen molar-refractivity contribution in [2.45, 2.75) is 25.7 Å². The van der Waals surface area contributed by atoms with Crippen molar-refractivity contribution < 1.29 is 4.79 Å². The molecule has 0 aromatic carbocycles. The van der Waals surface area contributed by atoms with Gasteiger partial charge < -0.3 is 5.32 Å². The Kier molecular flexibility index (Phi) is 1.75. The van der Waals surface area contributed by atoms with Gasteiger partial charge in [-0.3, -0.25) is 4.79 Å². The van der Waals surface area contributed by atoms with Gasteiger partial charge in [0.2, 0.25) is 5.91 Å². The zero-order valence-corrected chi connectivity index (χ0v) is 7.78. The molecule has 1 amide bonds. The molecule has 1 unspecified atom stereocenters. The van der Waals surface area contributed by atoms with Crippen LogP contribution in [-0.2, 0) is 4.79 Å². The molecule has 1 aliphatic carbocycles. The molecule has 60 valence electrons. The molecule has 1 aliphatic heterocycles. The van der Waals surface area contributed by atoms with E-state index in [1.165, 1.54) is 17.3 Å². The molecule has 0 radical (unpaired) electrons. The molecule has 0 saturated carbocycles. The lowest BCUT2D eigenvalue weighted by Crippen LogP contribution is -2.15. The number of carbonyl (C=O) groups excluding carboxylic acids is 1. The molecule has 1 N–H and O–H groups in total. The monoisotopic (exact) mass is 215 g/mol. The van der Waals surface area contributed by atoms with Gasteiger partial charge in [0.05, 0.1) is 0 Å². The Bertz CT molecular complexity index is 234. The summed E-state index contributed by atoms with van der Waals surface area (Å²) in [7, 11) is 0. The van der Waals surface area contributed by atoms with Gasteiger partial charge in [-0.05, 0) is 19.3 Å². The van der Waals surface area contributed by atoms with Crippen LogP contribution in [0.5, 0.6) is 0 Å². The lowest BCUT2D eigenvalue weighted by molar-refractivity contribution is -0.119. The van der Waals surface area contributed by atoms with E-state index in [-0.39, 0.29) is 5.91 Å². The van der Waals surface area contributed by atoms with Gasteiger partial charge in [0.15, 0.2) is 0 Å². The summed E-state index contributed by atoms with van der Waals surface area (Å²) in [5.41, 5.74) is 1.15. The van der Waals surface area contributed by atoms with E-state index in [0.717, 1.165) is 12.1 Å². The van der Waals surface area contributed by atoms with Crippen molar-refractivity contribution in [1.82, 2.24) is 5.32 Å². The average molecular weight is 216 g/mol. The highest BCUT2D eigenvalue weighted by atomic mass is 79.9. The molecule has 0 bridgehead atoms. The number of hydrogen-bond acceptors (Lipinski definition) is 1. The first kappa shape index (κ1) is 7.35. The molecule has 1 atom stereocenters. The second kappa shape index (κ2) is 2.63. The van der Waals surface area contributed by atoms with Crippen molar-refractivity contribution >= 4 is 21.8 Å². The molecule has 2 nitrogen and oxygen atoms in total. The fourth-order valence-electron chi connectivity index (χ4n) is 1.80. The molecule has 1 fully saturated rings. The first-order valence-corrected chi connectivity index (χ1v) is 4.75. The van der Waals surface area contributed by atoms with Crippen molar-refractivity contribution in [1.29, 1.82) is 0 Å². The van der Waals surface area contributed by atoms with Crippen LogP contribution < -0.4 is 5.32 Å². The summed E-state index contributed by atoms with van der Waals surface area (Å²) in [5.74, 6) is 0.675. The number of fused-ring (bicyclic) bond motifs is 1. The zero-order valence-electron chi connectivity index (χ0n) is 6.19. The summed E-state index contributed by atoms with van der Waals surface area (Å²) in [4.78, 5) is 11.0. The molecule has 1 saturated heterocycles. The molecule has 0 spiro atoms. The predicted octanol–water partition coefficient (Wildman–Crippen LogP) is 1.91. The molecule has 0 aromatic heterocycles. The van der Waals surface area contributed by atoms with E-state index in [2.05, 4.69) is 21.2 Å². The van der Waals surface area contributed by atoms with Crippen molar-refractivity contribution in [3.63, 3.8) is 0 Å². The van der Waals surface area contributed by atoms with Crippen LogP contribution in [0.3, 0.4) is 0 Å². The number of amides is 1. The number of rotatable bonds is 0. The first-order valence-electron chi connectivity index (χ1n) is 3.96. The van der Waals surface area contributed by atoms with Gasteiger partial charge in [0.1, 0.15) is 0 Å². The van der Waals surface area contributed by atoms with E-state index in [1.807, 2.05) is 0 Å². The lowest BCUT2D eigenvalue weighted by atomic mass is 9.93. The highest BCUT2D eigenvalue weighted by Crippen LogP contribution is 2.36.